The molecule has 0 atom stereocenters. The lowest BCUT2D eigenvalue weighted by molar-refractivity contribution is 0.569. The maximum atomic E-state index is 2.49. The first-order chi connectivity index (χ1) is 22.0. The molecule has 0 heteroatoms. The van der Waals surface area contributed by atoms with Gasteiger partial charge in [-0.15, -0.1) is 0 Å². The second-order valence-electron chi connectivity index (χ2n) is 17.5. The van der Waals surface area contributed by atoms with Gasteiger partial charge in [-0.25, -0.2) is 0 Å². The monoisotopic (exact) mass is 614 g/mol. The molecular weight excluding hydrogens is 565 g/mol. The van der Waals surface area contributed by atoms with Gasteiger partial charge in [-0.1, -0.05) is 167 Å². The molecule has 0 fully saturated rings. The van der Waals surface area contributed by atoms with E-state index in [1.165, 1.54) is 82.7 Å². The third-order valence-electron chi connectivity index (χ3n) is 10.6. The molecule has 0 unspecified atom stereocenters. The highest BCUT2D eigenvalue weighted by Gasteiger charge is 2.35. The standard InChI is InChI=1S/C47H50/c1-44(2,3)32-24-31(25-33(28-32)45(4,5)6)42-36-17-12-13-18-38(36)43(46(7,8)9)39-26-29(21-23-37(39)42)30-20-22-35-34-16-14-15-19-40(34)47(10,11)41(35)27-30/h12-28H,1-11H3. The van der Waals surface area contributed by atoms with Crippen LogP contribution in [0.2, 0.25) is 0 Å². The molecule has 0 spiro atoms. The summed E-state index contributed by atoms with van der Waals surface area (Å²) in [6, 6.07) is 39.8. The summed E-state index contributed by atoms with van der Waals surface area (Å²) in [5, 5.41) is 5.37. The Bertz CT molecular complexity index is 2170. The zero-order valence-electron chi connectivity index (χ0n) is 30.3. The second kappa shape index (κ2) is 10.4. The first-order valence-corrected chi connectivity index (χ1v) is 17.4. The minimum Gasteiger partial charge on any atom is -0.0619 e. The lowest BCUT2D eigenvalue weighted by atomic mass is 9.75. The lowest BCUT2D eigenvalue weighted by Gasteiger charge is -2.29. The van der Waals surface area contributed by atoms with Gasteiger partial charge in [-0.05, 0) is 111 Å². The largest absolute Gasteiger partial charge is 0.0619 e. The molecule has 238 valence electrons. The zero-order chi connectivity index (χ0) is 33.7. The van der Waals surface area contributed by atoms with Crippen molar-refractivity contribution in [1.82, 2.24) is 0 Å². The minimum atomic E-state index is -0.0413. The molecule has 0 nitrogen and oxygen atoms in total. The molecule has 6 aromatic rings. The van der Waals surface area contributed by atoms with Crippen molar-refractivity contribution in [1.29, 1.82) is 0 Å². The van der Waals surface area contributed by atoms with E-state index in [0.717, 1.165) is 0 Å². The smallest absolute Gasteiger partial charge is 0.0159 e. The molecule has 47 heavy (non-hydrogen) atoms. The van der Waals surface area contributed by atoms with Gasteiger partial charge in [0.15, 0.2) is 0 Å². The van der Waals surface area contributed by atoms with Gasteiger partial charge in [-0.2, -0.15) is 0 Å². The van der Waals surface area contributed by atoms with Gasteiger partial charge in [-0.3, -0.25) is 0 Å². The topological polar surface area (TPSA) is 0 Å². The Kier molecular flexibility index (Phi) is 6.97. The molecule has 0 saturated heterocycles. The fraction of sp³-hybridized carbons (Fsp3) is 0.319. The number of fused-ring (bicyclic) bond motifs is 5. The SMILES string of the molecule is CC(C)(C)c1cc(-c2c3ccccc3c(C(C)(C)C)c3cc(-c4ccc5c(c4)C(C)(C)c4ccccc4-5)ccc23)cc(C(C)(C)C)c1. The summed E-state index contributed by atoms with van der Waals surface area (Å²) in [6.07, 6.45) is 0. The molecule has 1 aliphatic carbocycles. The van der Waals surface area contributed by atoms with Gasteiger partial charge in [0.1, 0.15) is 0 Å². The highest BCUT2D eigenvalue weighted by Crippen LogP contribution is 2.50. The van der Waals surface area contributed by atoms with Crippen LogP contribution in [0.3, 0.4) is 0 Å². The fourth-order valence-electron chi connectivity index (χ4n) is 8.00. The van der Waals surface area contributed by atoms with Crippen molar-refractivity contribution >= 4 is 21.5 Å². The summed E-state index contributed by atoms with van der Waals surface area (Å²) in [6.45, 7) is 25.8. The van der Waals surface area contributed by atoms with Crippen molar-refractivity contribution in [2.45, 2.75) is 97.8 Å². The molecule has 1 aliphatic rings. The van der Waals surface area contributed by atoms with Crippen LogP contribution in [0.5, 0.6) is 0 Å². The molecule has 0 amide bonds. The molecule has 6 aromatic carbocycles. The Balaban J connectivity index is 1.53. The third-order valence-corrected chi connectivity index (χ3v) is 10.6. The summed E-state index contributed by atoms with van der Waals surface area (Å²) in [5.74, 6) is 0. The average molecular weight is 615 g/mol. The van der Waals surface area contributed by atoms with Gasteiger partial charge in [0.2, 0.25) is 0 Å². The van der Waals surface area contributed by atoms with Crippen LogP contribution in [0, 0.1) is 0 Å². The average Bonchev–Trinajstić information content (AvgIpc) is 3.23. The third kappa shape index (κ3) is 5.12. The zero-order valence-corrected chi connectivity index (χ0v) is 30.3. The molecule has 0 bridgehead atoms. The Labute approximate surface area is 282 Å². The normalized spacial score (nSPS) is 14.4. The van der Waals surface area contributed by atoms with Crippen LogP contribution in [0.15, 0.2) is 103 Å². The summed E-state index contributed by atoms with van der Waals surface area (Å²) in [7, 11) is 0. The van der Waals surface area contributed by atoms with Gasteiger partial charge in [0.05, 0.1) is 0 Å². The van der Waals surface area contributed by atoms with Gasteiger partial charge >= 0.3 is 0 Å². The minimum absolute atomic E-state index is 0.0262. The van der Waals surface area contributed by atoms with Crippen molar-refractivity contribution < 1.29 is 0 Å². The number of hydrogen-bond acceptors (Lipinski definition) is 0. The van der Waals surface area contributed by atoms with E-state index in [2.05, 4.69) is 179 Å². The summed E-state index contributed by atoms with van der Waals surface area (Å²) < 4.78 is 0. The van der Waals surface area contributed by atoms with Crippen molar-refractivity contribution in [2.24, 2.45) is 0 Å². The van der Waals surface area contributed by atoms with Gasteiger partial charge in [0.25, 0.3) is 0 Å². The molecule has 0 radical (unpaired) electrons. The lowest BCUT2D eigenvalue weighted by Crippen LogP contribution is -2.16. The van der Waals surface area contributed by atoms with Crippen LogP contribution < -0.4 is 0 Å². The molecule has 0 N–H and O–H groups in total. The van der Waals surface area contributed by atoms with E-state index in [9.17, 15) is 0 Å². The van der Waals surface area contributed by atoms with E-state index in [1.807, 2.05) is 0 Å². The molecular formula is C47H50. The molecule has 7 rings (SSSR count). The van der Waals surface area contributed by atoms with E-state index in [-0.39, 0.29) is 21.7 Å². The Morgan fingerprint density at radius 2 is 0.936 bits per heavy atom. The second-order valence-corrected chi connectivity index (χ2v) is 17.5. The Hall–Kier alpha value is -4.16. The quantitative estimate of drug-likeness (QED) is 0.170. The van der Waals surface area contributed by atoms with Crippen LogP contribution in [0.1, 0.15) is 104 Å². The number of benzene rings is 6. The van der Waals surface area contributed by atoms with Crippen molar-refractivity contribution in [3.63, 3.8) is 0 Å². The predicted molar refractivity (Wildman–Crippen MR) is 206 cm³/mol. The van der Waals surface area contributed by atoms with Gasteiger partial charge < -0.3 is 0 Å². The Morgan fingerprint density at radius 1 is 0.404 bits per heavy atom. The summed E-state index contributed by atoms with van der Waals surface area (Å²) in [5.41, 5.74) is 15.0. The van der Waals surface area contributed by atoms with E-state index in [1.54, 1.807) is 0 Å². The number of hydrogen-bond donors (Lipinski definition) is 0. The van der Waals surface area contributed by atoms with E-state index in [4.69, 9.17) is 0 Å². The molecule has 0 aromatic heterocycles. The maximum absolute atomic E-state index is 2.49. The summed E-state index contributed by atoms with van der Waals surface area (Å²) in [4.78, 5) is 0. The molecule has 0 aliphatic heterocycles. The highest BCUT2D eigenvalue weighted by atomic mass is 14.4. The van der Waals surface area contributed by atoms with Crippen LogP contribution in [-0.2, 0) is 21.7 Å². The first-order valence-electron chi connectivity index (χ1n) is 17.4. The molecule has 0 saturated carbocycles. The maximum Gasteiger partial charge on any atom is 0.0159 e. The van der Waals surface area contributed by atoms with Crippen LogP contribution in [0.4, 0.5) is 0 Å². The highest BCUT2D eigenvalue weighted by molar-refractivity contribution is 6.16. The van der Waals surface area contributed by atoms with E-state index in [0.29, 0.717) is 0 Å². The van der Waals surface area contributed by atoms with Crippen molar-refractivity contribution in [3.05, 3.63) is 131 Å². The van der Waals surface area contributed by atoms with Crippen LogP contribution in [0.25, 0.3) is 54.9 Å². The fourth-order valence-corrected chi connectivity index (χ4v) is 8.00. The van der Waals surface area contributed by atoms with Crippen LogP contribution in [-0.4, -0.2) is 0 Å². The van der Waals surface area contributed by atoms with E-state index < -0.39 is 0 Å². The van der Waals surface area contributed by atoms with Crippen molar-refractivity contribution in [2.75, 3.05) is 0 Å². The van der Waals surface area contributed by atoms with Crippen LogP contribution >= 0.6 is 0 Å². The van der Waals surface area contributed by atoms with Crippen molar-refractivity contribution in [3.8, 4) is 33.4 Å². The number of rotatable bonds is 2. The van der Waals surface area contributed by atoms with E-state index >= 15 is 0 Å². The Morgan fingerprint density at radius 3 is 1.57 bits per heavy atom. The first kappa shape index (κ1) is 31.4. The van der Waals surface area contributed by atoms with Gasteiger partial charge in [0, 0.05) is 5.41 Å². The molecule has 0 heterocycles. The summed E-state index contributed by atoms with van der Waals surface area (Å²) >= 11 is 0. The predicted octanol–water partition coefficient (Wildman–Crippen LogP) is 13.5.